The molecule has 2 aromatic carbocycles. The number of allylic oxidation sites excluding steroid dienone is 2. The van der Waals surface area contributed by atoms with Gasteiger partial charge in [0.1, 0.15) is 5.57 Å². The van der Waals surface area contributed by atoms with Gasteiger partial charge in [0.2, 0.25) is 0 Å². The second kappa shape index (κ2) is 9.71. The maximum atomic E-state index is 12.8. The third-order valence-corrected chi connectivity index (χ3v) is 5.48. The van der Waals surface area contributed by atoms with Gasteiger partial charge in [0.05, 0.1) is 5.02 Å². The van der Waals surface area contributed by atoms with Crippen molar-refractivity contribution < 1.29 is 9.59 Å². The Kier molecular flexibility index (Phi) is 7.61. The summed E-state index contributed by atoms with van der Waals surface area (Å²) in [6.45, 7) is 5.60. The predicted octanol–water partition coefficient (Wildman–Crippen LogP) is 5.47. The first-order valence-electron chi connectivity index (χ1n) is 8.73. The number of anilines is 1. The zero-order valence-electron chi connectivity index (χ0n) is 16.1. The maximum absolute atomic E-state index is 12.8. The van der Waals surface area contributed by atoms with Crippen molar-refractivity contribution in [2.75, 3.05) is 19.4 Å². The van der Waals surface area contributed by atoms with Crippen molar-refractivity contribution in [1.82, 2.24) is 4.90 Å². The standard InChI is InChI=1S/C22H22BrClN2O2/c1-5-9-17(22(28)26(3)4)21(27)25-19-13-8-10-15(14(19)6-2)16-11-7-12-18(23)20(16)24/h5,7-13H,1,6H2,2-4H3,(H,25,27)/b17-9-. The number of amides is 2. The van der Waals surface area contributed by atoms with Gasteiger partial charge in [-0.15, -0.1) is 0 Å². The van der Waals surface area contributed by atoms with Crippen LogP contribution in [-0.2, 0) is 16.0 Å². The number of benzene rings is 2. The van der Waals surface area contributed by atoms with E-state index in [0.717, 1.165) is 21.2 Å². The third-order valence-electron chi connectivity index (χ3n) is 4.19. The van der Waals surface area contributed by atoms with Gasteiger partial charge < -0.3 is 10.2 Å². The molecule has 0 heterocycles. The van der Waals surface area contributed by atoms with Crippen molar-refractivity contribution >= 4 is 45.0 Å². The van der Waals surface area contributed by atoms with E-state index in [2.05, 4.69) is 27.8 Å². The molecule has 0 aromatic heterocycles. The van der Waals surface area contributed by atoms with E-state index >= 15 is 0 Å². The summed E-state index contributed by atoms with van der Waals surface area (Å²) in [5.74, 6) is -0.868. The summed E-state index contributed by atoms with van der Waals surface area (Å²) in [6.07, 6.45) is 3.52. The fourth-order valence-corrected chi connectivity index (χ4v) is 3.44. The second-order valence-electron chi connectivity index (χ2n) is 6.26. The van der Waals surface area contributed by atoms with Crippen molar-refractivity contribution in [3.8, 4) is 11.1 Å². The summed E-state index contributed by atoms with van der Waals surface area (Å²) >= 11 is 9.93. The molecule has 4 nitrogen and oxygen atoms in total. The van der Waals surface area contributed by atoms with E-state index in [4.69, 9.17) is 11.6 Å². The van der Waals surface area contributed by atoms with Gasteiger partial charge in [-0.1, -0.05) is 55.4 Å². The van der Waals surface area contributed by atoms with E-state index in [0.29, 0.717) is 17.1 Å². The van der Waals surface area contributed by atoms with Crippen LogP contribution in [0.1, 0.15) is 12.5 Å². The van der Waals surface area contributed by atoms with Gasteiger partial charge in [-0.2, -0.15) is 0 Å². The van der Waals surface area contributed by atoms with Crippen molar-refractivity contribution in [1.29, 1.82) is 0 Å². The van der Waals surface area contributed by atoms with Crippen molar-refractivity contribution in [3.63, 3.8) is 0 Å². The minimum atomic E-state index is -0.481. The van der Waals surface area contributed by atoms with Gasteiger partial charge in [0, 0.05) is 29.8 Å². The minimum Gasteiger partial charge on any atom is -0.345 e. The summed E-state index contributed by atoms with van der Waals surface area (Å²) in [7, 11) is 3.19. The minimum absolute atomic E-state index is 0.0212. The quantitative estimate of drug-likeness (QED) is 0.268. The van der Waals surface area contributed by atoms with Crippen molar-refractivity contribution in [2.24, 2.45) is 0 Å². The molecule has 6 heteroatoms. The Labute approximate surface area is 179 Å². The smallest absolute Gasteiger partial charge is 0.261 e. The van der Waals surface area contributed by atoms with E-state index in [1.165, 1.54) is 17.1 Å². The number of nitrogens with zero attached hydrogens (tertiary/aromatic N) is 1. The van der Waals surface area contributed by atoms with Crippen LogP contribution in [0.3, 0.4) is 0 Å². The molecular formula is C22H22BrClN2O2. The fourth-order valence-electron chi connectivity index (χ4n) is 2.84. The lowest BCUT2D eigenvalue weighted by Gasteiger charge is -2.18. The average molecular weight is 462 g/mol. The maximum Gasteiger partial charge on any atom is 0.261 e. The van der Waals surface area contributed by atoms with Crippen LogP contribution >= 0.6 is 27.5 Å². The molecule has 0 aliphatic heterocycles. The molecule has 146 valence electrons. The third kappa shape index (κ3) is 4.72. The number of likely N-dealkylation sites (N-methyl/N-ethyl adjacent to an activating group) is 1. The lowest BCUT2D eigenvalue weighted by Crippen LogP contribution is -2.30. The number of carbonyl (C=O) groups excluding carboxylic acids is 2. The molecule has 1 N–H and O–H groups in total. The highest BCUT2D eigenvalue weighted by Gasteiger charge is 2.21. The Bertz CT molecular complexity index is 952. The normalized spacial score (nSPS) is 11.1. The van der Waals surface area contributed by atoms with Crippen LogP contribution in [-0.4, -0.2) is 30.8 Å². The molecule has 2 aromatic rings. The second-order valence-corrected chi connectivity index (χ2v) is 7.49. The van der Waals surface area contributed by atoms with Gasteiger partial charge in [-0.05, 0) is 51.7 Å². The first-order valence-corrected chi connectivity index (χ1v) is 9.90. The van der Waals surface area contributed by atoms with Crippen molar-refractivity contribution in [3.05, 3.63) is 75.8 Å². The molecular weight excluding hydrogens is 440 g/mol. The first kappa shape index (κ1) is 21.9. The number of halogens is 2. The number of nitrogens with one attached hydrogen (secondary N) is 1. The molecule has 2 amide bonds. The summed E-state index contributed by atoms with van der Waals surface area (Å²) < 4.78 is 0.802. The topological polar surface area (TPSA) is 49.4 Å². The van der Waals surface area contributed by atoms with E-state index in [1.54, 1.807) is 14.1 Å². The molecule has 2 rings (SSSR count). The molecule has 0 aliphatic carbocycles. The zero-order valence-corrected chi connectivity index (χ0v) is 18.4. The molecule has 0 radical (unpaired) electrons. The molecule has 0 unspecified atom stereocenters. The van der Waals surface area contributed by atoms with Gasteiger partial charge in [0.15, 0.2) is 0 Å². The van der Waals surface area contributed by atoms with E-state index in [-0.39, 0.29) is 11.5 Å². The number of hydrogen-bond acceptors (Lipinski definition) is 2. The highest BCUT2D eigenvalue weighted by Crippen LogP contribution is 2.37. The van der Waals surface area contributed by atoms with Crippen LogP contribution in [0.15, 0.2) is 65.2 Å². The molecule has 0 saturated carbocycles. The Morgan fingerprint density at radius 2 is 1.82 bits per heavy atom. The zero-order chi connectivity index (χ0) is 20.8. The highest BCUT2D eigenvalue weighted by molar-refractivity contribution is 9.10. The molecule has 0 atom stereocenters. The van der Waals surface area contributed by atoms with Crippen molar-refractivity contribution in [2.45, 2.75) is 13.3 Å². The predicted molar refractivity (Wildman–Crippen MR) is 120 cm³/mol. The van der Waals surface area contributed by atoms with Crippen LogP contribution in [0.2, 0.25) is 5.02 Å². The molecule has 0 aliphatic rings. The number of rotatable bonds is 6. The summed E-state index contributed by atoms with van der Waals surface area (Å²) in [4.78, 5) is 26.4. The van der Waals surface area contributed by atoms with Crippen LogP contribution in [0, 0.1) is 0 Å². The van der Waals surface area contributed by atoms with E-state index in [9.17, 15) is 9.59 Å². The highest BCUT2D eigenvalue weighted by atomic mass is 79.9. The van der Waals surface area contributed by atoms with Gasteiger partial charge >= 0.3 is 0 Å². The Hall–Kier alpha value is -2.37. The lowest BCUT2D eigenvalue weighted by atomic mass is 9.96. The Balaban J connectivity index is 2.49. The summed E-state index contributed by atoms with van der Waals surface area (Å²) in [6, 6.07) is 11.4. The fraction of sp³-hybridized carbons (Fsp3) is 0.182. The molecule has 0 bridgehead atoms. The van der Waals surface area contributed by atoms with Crippen LogP contribution in [0.5, 0.6) is 0 Å². The molecule has 0 spiro atoms. The van der Waals surface area contributed by atoms with E-state index in [1.807, 2.05) is 43.3 Å². The lowest BCUT2D eigenvalue weighted by molar-refractivity contribution is -0.127. The monoisotopic (exact) mass is 460 g/mol. The van der Waals surface area contributed by atoms with E-state index < -0.39 is 5.91 Å². The van der Waals surface area contributed by atoms with Gasteiger partial charge in [0.25, 0.3) is 11.8 Å². The summed E-state index contributed by atoms with van der Waals surface area (Å²) in [5, 5.41) is 3.48. The van der Waals surface area contributed by atoms with Crippen LogP contribution in [0.4, 0.5) is 5.69 Å². The summed E-state index contributed by atoms with van der Waals surface area (Å²) in [5.41, 5.74) is 3.40. The van der Waals surface area contributed by atoms with Crippen LogP contribution < -0.4 is 5.32 Å². The molecule has 28 heavy (non-hydrogen) atoms. The molecule has 0 fully saturated rings. The van der Waals surface area contributed by atoms with Gasteiger partial charge in [-0.3, -0.25) is 9.59 Å². The largest absolute Gasteiger partial charge is 0.345 e. The van der Waals surface area contributed by atoms with Crippen LogP contribution in [0.25, 0.3) is 11.1 Å². The molecule has 0 saturated heterocycles. The Morgan fingerprint density at radius 3 is 2.43 bits per heavy atom. The first-order chi connectivity index (χ1) is 13.3. The number of carbonyl (C=O) groups is 2. The average Bonchev–Trinajstić information content (AvgIpc) is 2.67. The number of hydrogen-bond donors (Lipinski definition) is 1. The SMILES string of the molecule is C=C/C=C(/C(=O)Nc1cccc(-c2cccc(Br)c2Cl)c1CC)C(=O)N(C)C. The van der Waals surface area contributed by atoms with Gasteiger partial charge in [-0.25, -0.2) is 0 Å². The Morgan fingerprint density at radius 1 is 1.18 bits per heavy atom.